The summed E-state index contributed by atoms with van der Waals surface area (Å²) in [6.45, 7) is 15.4. The number of hydrogen-bond donors (Lipinski definition) is 3. The zero-order valence-corrected chi connectivity index (χ0v) is 38.0. The van der Waals surface area contributed by atoms with Gasteiger partial charge in [-0.1, -0.05) is 53.7 Å². The Hall–Kier alpha value is -1.43. The molecule has 3 N–H and O–H groups in total. The maximum absolute atomic E-state index is 13.3. The topological polar surface area (TPSA) is 174 Å². The average molecular weight is 830 g/mol. The minimum atomic E-state index is -1.71. The van der Waals surface area contributed by atoms with Crippen molar-refractivity contribution in [3.05, 3.63) is 35.6 Å². The molecule has 0 saturated carbocycles. The number of amides is 1. The molecule has 1 aromatic carbocycles. The molecule has 58 heavy (non-hydrogen) atoms. The van der Waals surface area contributed by atoms with Crippen molar-refractivity contribution < 1.29 is 92.0 Å². The predicted molar refractivity (Wildman–Crippen MR) is 203 cm³/mol. The molecule has 5 aliphatic rings. The Bertz CT molecular complexity index is 1580. The van der Waals surface area contributed by atoms with Crippen molar-refractivity contribution in [3.8, 4) is 0 Å². The van der Waals surface area contributed by atoms with Crippen LogP contribution in [0.1, 0.15) is 106 Å². The number of hydrogen-bond acceptors (Lipinski definition) is 12. The number of rotatable bonds is 12. The van der Waals surface area contributed by atoms with Crippen molar-refractivity contribution in [2.24, 2.45) is 35.5 Å². The molecule has 0 aromatic heterocycles. The van der Waals surface area contributed by atoms with Gasteiger partial charge in [0.15, 0.2) is 5.79 Å². The Morgan fingerprint density at radius 2 is 1.69 bits per heavy atom. The number of alkyl carbamates (subject to hydrolysis) is 1. The zero-order chi connectivity index (χ0) is 41.7. The normalized spacial score (nSPS) is 43.0. The summed E-state index contributed by atoms with van der Waals surface area (Å²) in [7, 11) is 1.48. The monoisotopic (exact) mass is 829 g/mol. The summed E-state index contributed by atoms with van der Waals surface area (Å²) in [5.41, 5.74) is -0.619. The van der Waals surface area contributed by atoms with Gasteiger partial charge in [-0.25, -0.2) is 9.18 Å². The second-order valence-corrected chi connectivity index (χ2v) is 18.6. The van der Waals surface area contributed by atoms with E-state index in [1.54, 1.807) is 19.1 Å². The first-order chi connectivity index (χ1) is 26.7. The molecule has 5 fully saturated rings. The molecule has 13 nitrogen and oxygen atoms in total. The van der Waals surface area contributed by atoms with Crippen LogP contribution in [0.15, 0.2) is 24.3 Å². The first-order valence-electron chi connectivity index (χ1n) is 20.9. The standard InChI is InChI=1S/C43H66FNO12.Na/c1-23-18-25(3)43(50,22-52-39(49)45-21-29-10-12-30(44)13-11-29)56-34(23)32-19-24(2)37(53-32)41(8)15-14-33(54-41)40(7)16-17-42(57-40)20-31(46)26(4)36(55-42)27(5)35(51-9)28(6)38(47)48;/h10-13,23-28,31-37,46,50H,14-22H2,1-9H3,(H,45,49)(H,47,48);/q;+1/p-1/t23-,24-,25+,26+,27-,28?,31-,32+,33+,34-,35+,36-,37+,40-,41-,42+,43-;/m0./s1. The third kappa shape index (κ3) is 9.78. The Balaban J connectivity index is 0.00000641. The van der Waals surface area contributed by atoms with Crippen molar-refractivity contribution in [3.63, 3.8) is 0 Å². The second-order valence-electron chi connectivity index (χ2n) is 18.6. The van der Waals surface area contributed by atoms with Crippen LogP contribution < -0.4 is 40.0 Å². The van der Waals surface area contributed by atoms with E-state index in [9.17, 15) is 29.3 Å². The van der Waals surface area contributed by atoms with E-state index in [1.165, 1.54) is 19.2 Å². The van der Waals surface area contributed by atoms with Crippen LogP contribution >= 0.6 is 0 Å². The van der Waals surface area contributed by atoms with E-state index in [4.69, 9.17) is 33.2 Å². The minimum Gasteiger partial charge on any atom is -0.550 e. The van der Waals surface area contributed by atoms with Crippen LogP contribution in [0, 0.1) is 41.3 Å². The van der Waals surface area contributed by atoms with Crippen LogP contribution in [-0.2, 0) is 44.5 Å². The third-order valence-electron chi connectivity index (χ3n) is 14.2. The SMILES string of the molecule is CO[C@@H](C(C)C(=O)[O-])[C@H](C)[C@H]1O[C@@]2(CC[C@@](C)([C@H]3CC[C@@](C)([C@@H]4O[C@@H]([C@H]5O[C@@](O)(COC(=O)NCc6ccc(F)cc6)[C@H](C)C[C@@H]5C)C[C@@H]4C)O3)O2)C[C@H](O)[C@H]1C.[Na+]. The van der Waals surface area contributed by atoms with Gasteiger partial charge in [0, 0.05) is 56.1 Å². The van der Waals surface area contributed by atoms with Crippen molar-refractivity contribution in [2.75, 3.05) is 13.7 Å². The number of nitrogens with one attached hydrogen (secondary N) is 1. The molecule has 322 valence electrons. The van der Waals surface area contributed by atoms with Gasteiger partial charge in [-0.15, -0.1) is 0 Å². The Kier molecular flexibility index (Phi) is 15.2. The Morgan fingerprint density at radius 1 is 1.00 bits per heavy atom. The van der Waals surface area contributed by atoms with Gasteiger partial charge in [0.05, 0.1) is 53.9 Å². The van der Waals surface area contributed by atoms with Crippen LogP contribution in [-0.4, -0.2) is 101 Å². The summed E-state index contributed by atoms with van der Waals surface area (Å²) in [6.07, 6.45) is 0.433. The first-order valence-corrected chi connectivity index (χ1v) is 20.9. The number of halogens is 1. The molecule has 6 rings (SSSR count). The molecule has 17 atom stereocenters. The number of aliphatic hydroxyl groups is 2. The van der Waals surface area contributed by atoms with Gasteiger partial charge in [-0.05, 0) is 75.5 Å². The summed E-state index contributed by atoms with van der Waals surface area (Å²) >= 11 is 0. The van der Waals surface area contributed by atoms with E-state index in [-0.39, 0.29) is 96.4 Å². The van der Waals surface area contributed by atoms with Gasteiger partial charge in [-0.3, -0.25) is 0 Å². The molecule has 0 radical (unpaired) electrons. The van der Waals surface area contributed by atoms with Crippen molar-refractivity contribution in [1.82, 2.24) is 5.32 Å². The van der Waals surface area contributed by atoms with Crippen LogP contribution in [0.5, 0.6) is 0 Å². The predicted octanol–water partition coefficient (Wildman–Crippen LogP) is 1.63. The van der Waals surface area contributed by atoms with Crippen LogP contribution in [0.4, 0.5) is 9.18 Å². The fraction of sp³-hybridized carbons (Fsp3) is 0.814. The number of carboxylic acid groups (broad SMARTS) is 1. The quantitative estimate of drug-likeness (QED) is 0.261. The van der Waals surface area contributed by atoms with Gasteiger partial charge >= 0.3 is 35.7 Å². The van der Waals surface area contributed by atoms with E-state index < -0.39 is 65.2 Å². The van der Waals surface area contributed by atoms with Gasteiger partial charge in [0.25, 0.3) is 0 Å². The summed E-state index contributed by atoms with van der Waals surface area (Å²) in [5.74, 6) is -5.94. The third-order valence-corrected chi connectivity index (χ3v) is 14.2. The van der Waals surface area contributed by atoms with E-state index in [2.05, 4.69) is 26.1 Å². The molecule has 15 heteroatoms. The molecule has 5 saturated heterocycles. The largest absolute Gasteiger partial charge is 1.00 e. The summed E-state index contributed by atoms with van der Waals surface area (Å²) in [5, 5.41) is 37.4. The van der Waals surface area contributed by atoms with Gasteiger partial charge in [-0.2, -0.15) is 0 Å². The number of carbonyl (C=O) groups excluding carboxylic acids is 2. The van der Waals surface area contributed by atoms with E-state index in [0.29, 0.717) is 37.7 Å². The number of methoxy groups -OCH3 is 1. The number of ether oxygens (including phenoxy) is 7. The first kappa shape index (κ1) is 47.6. The maximum atomic E-state index is 13.3. The molecule has 5 heterocycles. The van der Waals surface area contributed by atoms with E-state index >= 15 is 0 Å². The average Bonchev–Trinajstić information content (AvgIpc) is 3.86. The number of benzene rings is 1. The maximum Gasteiger partial charge on any atom is 1.00 e. The second kappa shape index (κ2) is 18.5. The molecule has 0 aliphatic carbocycles. The minimum absolute atomic E-state index is 0. The summed E-state index contributed by atoms with van der Waals surface area (Å²) < 4.78 is 58.2. The number of carboxylic acids is 1. The smallest absolute Gasteiger partial charge is 0.550 e. The van der Waals surface area contributed by atoms with Gasteiger partial charge in [0.2, 0.25) is 5.79 Å². The van der Waals surface area contributed by atoms with Crippen molar-refractivity contribution in [1.29, 1.82) is 0 Å². The van der Waals surface area contributed by atoms with Crippen molar-refractivity contribution >= 4 is 12.1 Å². The fourth-order valence-corrected chi connectivity index (χ4v) is 10.6. The van der Waals surface area contributed by atoms with Crippen LogP contribution in [0.3, 0.4) is 0 Å². The number of aliphatic carboxylic acids is 1. The molecule has 1 spiro atoms. The summed E-state index contributed by atoms with van der Waals surface area (Å²) in [4.78, 5) is 24.3. The van der Waals surface area contributed by atoms with Gasteiger partial charge in [0.1, 0.15) is 12.4 Å². The van der Waals surface area contributed by atoms with E-state index in [1.807, 2.05) is 27.7 Å². The zero-order valence-electron chi connectivity index (χ0n) is 36.0. The number of aliphatic hydroxyl groups excluding tert-OH is 1. The molecule has 0 bridgehead atoms. The van der Waals surface area contributed by atoms with Crippen LogP contribution in [0.2, 0.25) is 0 Å². The van der Waals surface area contributed by atoms with Gasteiger partial charge < -0.3 is 58.6 Å². The Morgan fingerprint density at radius 3 is 2.34 bits per heavy atom. The molecular formula is C43H65FNNaO12. The van der Waals surface area contributed by atoms with Crippen molar-refractivity contribution in [2.45, 2.75) is 172 Å². The molecule has 5 aliphatic heterocycles. The molecular weight excluding hydrogens is 764 g/mol. The number of carbonyl (C=O) groups is 2. The van der Waals surface area contributed by atoms with E-state index in [0.717, 1.165) is 12.8 Å². The summed E-state index contributed by atoms with van der Waals surface area (Å²) in [6, 6.07) is 5.79. The molecule has 1 aromatic rings. The molecule has 1 amide bonds. The van der Waals surface area contributed by atoms with Crippen LogP contribution in [0.25, 0.3) is 0 Å². The fourth-order valence-electron chi connectivity index (χ4n) is 10.6. The molecule has 1 unspecified atom stereocenters. The Labute approximate surface area is 365 Å².